The van der Waals surface area contributed by atoms with Crippen molar-refractivity contribution in [2.45, 2.75) is 0 Å². The summed E-state index contributed by atoms with van der Waals surface area (Å²) in [7, 11) is 0. The Morgan fingerprint density at radius 1 is 0.926 bits per heavy atom. The number of carbonyl (C=O) groups is 1. The number of nitrogens with one attached hydrogen (secondary N) is 1. The summed E-state index contributed by atoms with van der Waals surface area (Å²) >= 11 is 0. The number of anilines is 1. The van der Waals surface area contributed by atoms with Gasteiger partial charge in [-0.1, -0.05) is 18.2 Å². The van der Waals surface area contributed by atoms with Crippen LogP contribution < -0.4 is 10.1 Å². The molecule has 0 atom stereocenters. The fourth-order valence-electron chi connectivity index (χ4n) is 2.45. The van der Waals surface area contributed by atoms with E-state index in [0.717, 1.165) is 0 Å². The van der Waals surface area contributed by atoms with Crippen LogP contribution in [0.3, 0.4) is 0 Å². The normalized spacial score (nSPS) is 10.4. The van der Waals surface area contributed by atoms with Gasteiger partial charge < -0.3 is 10.1 Å². The molecule has 0 saturated heterocycles. The van der Waals surface area contributed by atoms with Gasteiger partial charge in [0, 0.05) is 30.9 Å². The number of amides is 1. The van der Waals surface area contributed by atoms with Crippen molar-refractivity contribution in [1.82, 2.24) is 19.7 Å². The van der Waals surface area contributed by atoms with E-state index in [4.69, 9.17) is 4.74 Å². The lowest BCUT2D eigenvalue weighted by molar-refractivity contribution is 0.102. The first-order chi connectivity index (χ1) is 13.3. The average Bonchev–Trinajstić information content (AvgIpc) is 3.24. The fourth-order valence-corrected chi connectivity index (χ4v) is 2.45. The second-order valence-electron chi connectivity index (χ2n) is 5.58. The number of ether oxygens (including phenoxy) is 1. The predicted molar refractivity (Wildman–Crippen MR) is 100 cm³/mol. The van der Waals surface area contributed by atoms with Crippen molar-refractivity contribution < 1.29 is 9.53 Å². The van der Waals surface area contributed by atoms with Gasteiger partial charge in [-0.15, -0.1) is 0 Å². The summed E-state index contributed by atoms with van der Waals surface area (Å²) in [4.78, 5) is 21.0. The van der Waals surface area contributed by atoms with Crippen molar-refractivity contribution >= 4 is 11.6 Å². The van der Waals surface area contributed by atoms with Gasteiger partial charge in [-0.3, -0.25) is 4.79 Å². The van der Waals surface area contributed by atoms with Gasteiger partial charge in [-0.25, -0.2) is 14.6 Å². The average molecular weight is 357 g/mol. The molecule has 4 rings (SSSR count). The molecule has 0 radical (unpaired) electrons. The van der Waals surface area contributed by atoms with Gasteiger partial charge in [0.2, 0.25) is 5.88 Å². The molecule has 7 heteroatoms. The quantitative estimate of drug-likeness (QED) is 0.589. The van der Waals surface area contributed by atoms with Crippen LogP contribution in [0.4, 0.5) is 5.69 Å². The highest BCUT2D eigenvalue weighted by molar-refractivity contribution is 6.04. The van der Waals surface area contributed by atoms with E-state index >= 15 is 0 Å². The molecule has 132 valence electrons. The summed E-state index contributed by atoms with van der Waals surface area (Å²) < 4.78 is 7.22. The molecule has 1 amide bonds. The number of para-hydroxylation sites is 1. The van der Waals surface area contributed by atoms with Crippen LogP contribution in [0, 0.1) is 0 Å². The Morgan fingerprint density at radius 2 is 1.81 bits per heavy atom. The van der Waals surface area contributed by atoms with Gasteiger partial charge in [-0.05, 0) is 36.4 Å². The first kappa shape index (κ1) is 16.5. The first-order valence-electron chi connectivity index (χ1n) is 8.25. The minimum absolute atomic E-state index is 0.296. The van der Waals surface area contributed by atoms with Gasteiger partial charge in [0.25, 0.3) is 5.91 Å². The summed E-state index contributed by atoms with van der Waals surface area (Å²) in [5.41, 5.74) is 0.960. The maximum Gasteiger partial charge on any atom is 0.257 e. The Labute approximate surface area is 155 Å². The molecule has 0 fully saturated rings. The molecular weight excluding hydrogens is 342 g/mol. The van der Waals surface area contributed by atoms with Crippen LogP contribution >= 0.6 is 0 Å². The lowest BCUT2D eigenvalue weighted by Gasteiger charge is -2.10. The van der Waals surface area contributed by atoms with Crippen LogP contribution in [-0.4, -0.2) is 25.7 Å². The van der Waals surface area contributed by atoms with E-state index in [-0.39, 0.29) is 5.91 Å². The zero-order chi connectivity index (χ0) is 18.5. The van der Waals surface area contributed by atoms with Crippen LogP contribution in [0.2, 0.25) is 0 Å². The minimum atomic E-state index is -0.296. The van der Waals surface area contributed by atoms with Crippen molar-refractivity contribution in [2.75, 3.05) is 5.32 Å². The summed E-state index contributed by atoms with van der Waals surface area (Å²) in [6.45, 7) is 0. The molecule has 0 aliphatic heterocycles. The van der Waals surface area contributed by atoms with Gasteiger partial charge in [0.15, 0.2) is 5.82 Å². The van der Waals surface area contributed by atoms with Crippen molar-refractivity contribution in [3.63, 3.8) is 0 Å². The van der Waals surface area contributed by atoms with Gasteiger partial charge >= 0.3 is 0 Å². The third kappa shape index (κ3) is 3.82. The zero-order valence-corrected chi connectivity index (χ0v) is 14.2. The van der Waals surface area contributed by atoms with E-state index in [1.165, 1.54) is 6.20 Å². The van der Waals surface area contributed by atoms with E-state index in [1.54, 1.807) is 53.6 Å². The van der Waals surface area contributed by atoms with Crippen molar-refractivity contribution in [1.29, 1.82) is 0 Å². The molecule has 0 bridgehead atoms. The summed E-state index contributed by atoms with van der Waals surface area (Å²) in [5.74, 6) is 1.33. The molecule has 0 saturated carbocycles. The predicted octanol–water partition coefficient (Wildman–Crippen LogP) is 3.71. The SMILES string of the molecule is O=C(Nc1cccnc1-n1cccn1)c1ccc(Oc2ccccc2)nc1. The van der Waals surface area contributed by atoms with Crippen LogP contribution in [0.25, 0.3) is 5.82 Å². The number of rotatable bonds is 5. The third-order valence-electron chi connectivity index (χ3n) is 3.72. The van der Waals surface area contributed by atoms with E-state index in [2.05, 4.69) is 20.4 Å². The van der Waals surface area contributed by atoms with E-state index in [0.29, 0.717) is 28.7 Å². The number of benzene rings is 1. The van der Waals surface area contributed by atoms with E-state index in [1.807, 2.05) is 30.3 Å². The Hall–Kier alpha value is -4.00. The summed E-state index contributed by atoms with van der Waals surface area (Å²) in [6, 6.07) is 17.9. The summed E-state index contributed by atoms with van der Waals surface area (Å²) in [6.07, 6.45) is 6.52. The lowest BCUT2D eigenvalue weighted by Crippen LogP contribution is -2.15. The molecule has 3 aromatic heterocycles. The van der Waals surface area contributed by atoms with Crippen molar-refractivity contribution in [3.8, 4) is 17.4 Å². The van der Waals surface area contributed by atoms with Crippen LogP contribution in [0.5, 0.6) is 11.6 Å². The Kier molecular flexibility index (Phi) is 4.57. The molecule has 3 heterocycles. The minimum Gasteiger partial charge on any atom is -0.439 e. The van der Waals surface area contributed by atoms with Crippen LogP contribution in [0.1, 0.15) is 10.4 Å². The highest BCUT2D eigenvalue weighted by Gasteiger charge is 2.12. The number of aromatic nitrogens is 4. The van der Waals surface area contributed by atoms with E-state index < -0.39 is 0 Å². The topological polar surface area (TPSA) is 81.9 Å². The number of pyridine rings is 2. The molecule has 0 aliphatic rings. The Bertz CT molecular complexity index is 1030. The highest BCUT2D eigenvalue weighted by atomic mass is 16.5. The molecule has 0 spiro atoms. The number of carbonyl (C=O) groups excluding carboxylic acids is 1. The maximum absolute atomic E-state index is 12.6. The van der Waals surface area contributed by atoms with Crippen LogP contribution in [-0.2, 0) is 0 Å². The Morgan fingerprint density at radius 3 is 2.56 bits per heavy atom. The second-order valence-corrected chi connectivity index (χ2v) is 5.58. The standard InChI is InChI=1S/C20H15N5O2/c26-20(24-17-8-4-11-21-19(17)25-13-5-12-23-25)15-9-10-18(22-14-15)27-16-6-2-1-3-7-16/h1-14H,(H,24,26). The molecule has 0 aliphatic carbocycles. The lowest BCUT2D eigenvalue weighted by atomic mass is 10.2. The zero-order valence-electron chi connectivity index (χ0n) is 14.2. The molecular formula is C20H15N5O2. The molecule has 27 heavy (non-hydrogen) atoms. The molecule has 4 aromatic rings. The third-order valence-corrected chi connectivity index (χ3v) is 3.72. The fraction of sp³-hybridized carbons (Fsp3) is 0. The molecule has 7 nitrogen and oxygen atoms in total. The van der Waals surface area contributed by atoms with E-state index in [9.17, 15) is 4.79 Å². The number of hydrogen-bond donors (Lipinski definition) is 1. The molecule has 1 aromatic carbocycles. The first-order valence-corrected chi connectivity index (χ1v) is 8.25. The Balaban J connectivity index is 1.49. The second kappa shape index (κ2) is 7.49. The monoisotopic (exact) mass is 357 g/mol. The van der Waals surface area contributed by atoms with Gasteiger partial charge in [0.1, 0.15) is 5.75 Å². The highest BCUT2D eigenvalue weighted by Crippen LogP contribution is 2.20. The van der Waals surface area contributed by atoms with Crippen molar-refractivity contribution in [3.05, 3.63) is 91.0 Å². The number of hydrogen-bond acceptors (Lipinski definition) is 5. The molecule has 0 unspecified atom stereocenters. The largest absolute Gasteiger partial charge is 0.439 e. The maximum atomic E-state index is 12.6. The van der Waals surface area contributed by atoms with Crippen LogP contribution in [0.15, 0.2) is 85.5 Å². The van der Waals surface area contributed by atoms with Gasteiger partial charge in [0.05, 0.1) is 11.3 Å². The van der Waals surface area contributed by atoms with Crippen molar-refractivity contribution in [2.24, 2.45) is 0 Å². The van der Waals surface area contributed by atoms with Gasteiger partial charge in [-0.2, -0.15) is 5.10 Å². The summed E-state index contributed by atoms with van der Waals surface area (Å²) in [5, 5.41) is 6.99. The smallest absolute Gasteiger partial charge is 0.257 e. The number of nitrogens with zero attached hydrogens (tertiary/aromatic N) is 4. The molecule has 1 N–H and O–H groups in total.